The topological polar surface area (TPSA) is 47.9 Å². The zero-order valence-corrected chi connectivity index (χ0v) is 20.2. The van der Waals surface area contributed by atoms with E-state index in [-0.39, 0.29) is 16.9 Å². The van der Waals surface area contributed by atoms with Gasteiger partial charge < -0.3 is 19.0 Å². The molecule has 1 aliphatic carbocycles. The van der Waals surface area contributed by atoms with Crippen molar-refractivity contribution in [3.05, 3.63) is 60.7 Å². The molecule has 31 heavy (non-hydrogen) atoms. The van der Waals surface area contributed by atoms with Gasteiger partial charge in [-0.3, -0.25) is 0 Å². The lowest BCUT2D eigenvalue weighted by molar-refractivity contribution is -0.243. The molecule has 4 nitrogen and oxygen atoms in total. The van der Waals surface area contributed by atoms with Gasteiger partial charge in [-0.25, -0.2) is 0 Å². The van der Waals surface area contributed by atoms with Crippen molar-refractivity contribution < 1.29 is 19.0 Å². The van der Waals surface area contributed by atoms with E-state index in [1.807, 2.05) is 0 Å². The van der Waals surface area contributed by atoms with Crippen molar-refractivity contribution >= 4 is 18.7 Å². The van der Waals surface area contributed by atoms with E-state index in [1.165, 1.54) is 10.4 Å². The fourth-order valence-corrected chi connectivity index (χ4v) is 10.1. The van der Waals surface area contributed by atoms with E-state index in [0.717, 1.165) is 6.42 Å². The number of aliphatic hydroxyl groups excluding tert-OH is 1. The van der Waals surface area contributed by atoms with Crippen molar-refractivity contribution in [2.75, 3.05) is 19.8 Å². The first-order chi connectivity index (χ1) is 14.8. The Morgan fingerprint density at radius 3 is 1.97 bits per heavy atom. The molecule has 168 valence electrons. The van der Waals surface area contributed by atoms with Crippen molar-refractivity contribution in [1.29, 1.82) is 0 Å². The summed E-state index contributed by atoms with van der Waals surface area (Å²) in [7, 11) is -2.61. The molecule has 1 N–H and O–H groups in total. The van der Waals surface area contributed by atoms with Gasteiger partial charge in [0.25, 0.3) is 8.32 Å². The van der Waals surface area contributed by atoms with Crippen molar-refractivity contribution in [3.8, 4) is 0 Å². The second-order valence-corrected chi connectivity index (χ2v) is 14.5. The normalized spacial score (nSPS) is 26.3. The zero-order valence-electron chi connectivity index (χ0n) is 19.2. The summed E-state index contributed by atoms with van der Waals surface area (Å²) < 4.78 is 19.4. The Labute approximate surface area is 187 Å². The minimum absolute atomic E-state index is 0.0694. The first-order valence-corrected chi connectivity index (χ1v) is 13.4. The number of benzene rings is 2. The molecule has 4 rings (SSSR count). The van der Waals surface area contributed by atoms with E-state index in [1.54, 1.807) is 0 Å². The Bertz CT molecular complexity index is 803. The molecule has 0 amide bonds. The molecule has 1 saturated heterocycles. The van der Waals surface area contributed by atoms with Crippen LogP contribution < -0.4 is 10.4 Å². The highest BCUT2D eigenvalue weighted by Crippen LogP contribution is 2.44. The third kappa shape index (κ3) is 4.14. The van der Waals surface area contributed by atoms with Gasteiger partial charge in [0.1, 0.15) is 0 Å². The second-order valence-electron chi connectivity index (χ2n) is 10.2. The lowest BCUT2D eigenvalue weighted by Gasteiger charge is -2.47. The molecule has 0 bridgehead atoms. The third-order valence-corrected chi connectivity index (χ3v) is 12.1. The van der Waals surface area contributed by atoms with Crippen LogP contribution >= 0.6 is 0 Å². The van der Waals surface area contributed by atoms with Crippen LogP contribution in [0.2, 0.25) is 5.04 Å². The smallest absolute Gasteiger partial charge is 0.261 e. The predicted octanol–water partition coefficient (Wildman–Crippen LogP) is 3.71. The molecule has 1 heterocycles. The van der Waals surface area contributed by atoms with E-state index in [9.17, 15) is 5.11 Å². The first-order valence-electron chi connectivity index (χ1n) is 11.5. The maximum Gasteiger partial charge on any atom is 0.261 e. The van der Waals surface area contributed by atoms with Gasteiger partial charge in [-0.2, -0.15) is 0 Å². The predicted molar refractivity (Wildman–Crippen MR) is 126 cm³/mol. The lowest BCUT2D eigenvalue weighted by atomic mass is 9.76. The summed E-state index contributed by atoms with van der Waals surface area (Å²) >= 11 is 0. The Balaban J connectivity index is 1.73. The molecular weight excluding hydrogens is 404 g/mol. The molecule has 5 heteroatoms. The lowest BCUT2D eigenvalue weighted by Crippen LogP contribution is -2.67. The Morgan fingerprint density at radius 2 is 1.48 bits per heavy atom. The summed E-state index contributed by atoms with van der Waals surface area (Å²) in [6, 6.07) is 21.4. The molecular formula is C26H36O4Si. The molecule has 0 radical (unpaired) electrons. The summed E-state index contributed by atoms with van der Waals surface area (Å²) in [5.74, 6) is -0.432. The van der Waals surface area contributed by atoms with E-state index in [4.69, 9.17) is 13.9 Å². The summed E-state index contributed by atoms with van der Waals surface area (Å²) in [4.78, 5) is 0. The van der Waals surface area contributed by atoms with Crippen LogP contribution in [0, 0.1) is 11.8 Å². The van der Waals surface area contributed by atoms with Crippen LogP contribution in [0.15, 0.2) is 60.7 Å². The van der Waals surface area contributed by atoms with Crippen LogP contribution in [-0.2, 0) is 13.9 Å². The average Bonchev–Trinajstić information content (AvgIpc) is 3.22. The summed E-state index contributed by atoms with van der Waals surface area (Å²) in [5.41, 5.74) is 0. The molecule has 1 saturated carbocycles. The Hall–Kier alpha value is -1.50. The van der Waals surface area contributed by atoms with Crippen LogP contribution in [0.1, 0.15) is 40.5 Å². The van der Waals surface area contributed by atoms with Gasteiger partial charge >= 0.3 is 0 Å². The quantitative estimate of drug-likeness (QED) is 0.720. The largest absolute Gasteiger partial charge is 0.407 e. The highest BCUT2D eigenvalue weighted by atomic mass is 28.4. The molecule has 1 spiro atoms. The van der Waals surface area contributed by atoms with E-state index < -0.39 is 20.2 Å². The summed E-state index contributed by atoms with van der Waals surface area (Å²) in [5, 5.41) is 13.0. The molecule has 0 unspecified atom stereocenters. The van der Waals surface area contributed by atoms with Crippen LogP contribution in [0.5, 0.6) is 0 Å². The standard InChI is InChI=1S/C26H36O4Si/c1-20-17-21(26(18-24(20)27)28-15-16-29-26)19-30-31(25(2,3)4,22-11-7-5-8-12-22)23-13-9-6-10-14-23/h5-14,20-21,24,27H,15-19H2,1-4H3/t20-,21+,24-/m1/s1. The monoisotopic (exact) mass is 440 g/mol. The van der Waals surface area contributed by atoms with Crippen LogP contribution in [-0.4, -0.2) is 45.1 Å². The van der Waals surface area contributed by atoms with E-state index in [0.29, 0.717) is 26.2 Å². The Kier molecular flexibility index (Phi) is 6.43. The van der Waals surface area contributed by atoms with Gasteiger partial charge in [0.05, 0.1) is 19.3 Å². The van der Waals surface area contributed by atoms with Gasteiger partial charge in [0.15, 0.2) is 5.79 Å². The average molecular weight is 441 g/mol. The van der Waals surface area contributed by atoms with Gasteiger partial charge in [-0.1, -0.05) is 88.4 Å². The molecule has 3 atom stereocenters. The molecule has 2 aromatic carbocycles. The fraction of sp³-hybridized carbons (Fsp3) is 0.538. The van der Waals surface area contributed by atoms with Crippen LogP contribution in [0.4, 0.5) is 0 Å². The van der Waals surface area contributed by atoms with E-state index in [2.05, 4.69) is 88.4 Å². The minimum atomic E-state index is -2.61. The van der Waals surface area contributed by atoms with E-state index >= 15 is 0 Å². The van der Waals surface area contributed by atoms with Crippen molar-refractivity contribution in [2.45, 2.75) is 57.5 Å². The third-order valence-electron chi connectivity index (χ3n) is 7.12. The maximum atomic E-state index is 10.5. The maximum absolute atomic E-state index is 10.5. The molecule has 0 aromatic heterocycles. The first kappa shape index (κ1) is 22.7. The fourth-order valence-electron chi connectivity index (χ4n) is 5.45. The minimum Gasteiger partial charge on any atom is -0.407 e. The second kappa shape index (κ2) is 8.79. The molecule has 2 aromatic rings. The molecule has 1 aliphatic heterocycles. The Morgan fingerprint density at radius 1 is 0.968 bits per heavy atom. The summed E-state index contributed by atoms with van der Waals surface area (Å²) in [6.07, 6.45) is 0.949. The van der Waals surface area contributed by atoms with Crippen molar-refractivity contribution in [3.63, 3.8) is 0 Å². The van der Waals surface area contributed by atoms with Crippen LogP contribution in [0.3, 0.4) is 0 Å². The van der Waals surface area contributed by atoms with Crippen LogP contribution in [0.25, 0.3) is 0 Å². The highest BCUT2D eigenvalue weighted by Gasteiger charge is 2.54. The molecule has 2 fully saturated rings. The molecule has 2 aliphatic rings. The SMILES string of the molecule is C[C@@H]1C[C@@H](CO[Si](c2ccccc2)(c2ccccc2)C(C)(C)C)C2(C[C@H]1O)OCCO2. The number of ether oxygens (including phenoxy) is 2. The summed E-state index contributed by atoms with van der Waals surface area (Å²) in [6.45, 7) is 10.7. The van der Waals surface area contributed by atoms with Gasteiger partial charge in [0.2, 0.25) is 0 Å². The zero-order chi connectivity index (χ0) is 22.1. The van der Waals surface area contributed by atoms with Gasteiger partial charge in [-0.15, -0.1) is 0 Å². The number of hydrogen-bond acceptors (Lipinski definition) is 4. The van der Waals surface area contributed by atoms with Gasteiger partial charge in [0, 0.05) is 18.9 Å². The highest BCUT2D eigenvalue weighted by molar-refractivity contribution is 6.99. The number of rotatable bonds is 5. The number of hydrogen-bond donors (Lipinski definition) is 1. The van der Waals surface area contributed by atoms with Crippen molar-refractivity contribution in [1.82, 2.24) is 0 Å². The van der Waals surface area contributed by atoms with Crippen molar-refractivity contribution in [2.24, 2.45) is 11.8 Å². The van der Waals surface area contributed by atoms with Gasteiger partial charge in [-0.05, 0) is 27.8 Å². The number of aliphatic hydroxyl groups is 1.